The number of nitrogens with zero attached hydrogens (tertiary/aromatic N) is 4. The maximum atomic E-state index is 12.5. The number of carbonyl (C=O) groups is 3. The number of hydrogen-bond acceptors (Lipinski definition) is 11. The molecule has 2 heterocycles. The van der Waals surface area contributed by atoms with Gasteiger partial charge in [-0.05, 0) is 75.0 Å². The van der Waals surface area contributed by atoms with Crippen molar-refractivity contribution in [1.82, 2.24) is 20.4 Å². The molecule has 0 spiro atoms. The molecule has 2 saturated carbocycles. The van der Waals surface area contributed by atoms with Crippen LogP contribution in [0.15, 0.2) is 24.3 Å². The van der Waals surface area contributed by atoms with Gasteiger partial charge in [0, 0.05) is 49.9 Å². The summed E-state index contributed by atoms with van der Waals surface area (Å²) in [5, 5.41) is 15.9. The van der Waals surface area contributed by atoms with E-state index in [0.717, 1.165) is 88.9 Å². The Morgan fingerprint density at radius 1 is 0.520 bits per heavy atom. The van der Waals surface area contributed by atoms with Crippen LogP contribution in [0.1, 0.15) is 142 Å². The van der Waals surface area contributed by atoms with Crippen molar-refractivity contribution in [3.63, 3.8) is 0 Å². The molecule has 11 nitrogen and oxygen atoms in total. The smallest absolute Gasteiger partial charge is 0.312 e. The molecule has 11 heteroatoms. The second kappa shape index (κ2) is 22.2. The van der Waals surface area contributed by atoms with Crippen LogP contribution in [0.5, 0.6) is 23.5 Å². The average Bonchev–Trinajstić information content (AvgIpc) is 3.12. The predicted octanol–water partition coefficient (Wildman–Crippen LogP) is 8.44. The Balaban J connectivity index is 0.950. The molecule has 0 saturated heterocycles. The highest BCUT2D eigenvalue weighted by Crippen LogP contribution is 2.34. The Bertz CT molecular complexity index is 1180. The SMILES string of the molecule is CCCC(=O)Oc1ccc(OCC2CCC(CCCCC(=O)CCCCC3CCC(COc4ccc(OC(=O)CCC)nn4)CC3)CC2)nn1. The zero-order chi connectivity index (χ0) is 35.4. The van der Waals surface area contributed by atoms with Crippen LogP contribution < -0.4 is 18.9 Å². The summed E-state index contributed by atoms with van der Waals surface area (Å²) >= 11 is 0. The van der Waals surface area contributed by atoms with Crippen molar-refractivity contribution in [3.05, 3.63) is 24.3 Å². The third-order valence-corrected chi connectivity index (χ3v) is 10.1. The largest absolute Gasteiger partial charge is 0.476 e. The van der Waals surface area contributed by atoms with Crippen LogP contribution in [0.25, 0.3) is 0 Å². The highest BCUT2D eigenvalue weighted by atomic mass is 16.5. The van der Waals surface area contributed by atoms with Crippen LogP contribution in [0, 0.1) is 23.7 Å². The van der Waals surface area contributed by atoms with Crippen molar-refractivity contribution in [2.75, 3.05) is 13.2 Å². The van der Waals surface area contributed by atoms with Gasteiger partial charge in [0.1, 0.15) is 5.78 Å². The number of rotatable bonds is 22. The van der Waals surface area contributed by atoms with E-state index in [1.165, 1.54) is 38.5 Å². The molecule has 0 aliphatic heterocycles. The van der Waals surface area contributed by atoms with Gasteiger partial charge in [-0.25, -0.2) is 0 Å². The molecule has 2 aromatic rings. The van der Waals surface area contributed by atoms with Gasteiger partial charge in [0.2, 0.25) is 23.5 Å². The molecule has 2 aliphatic rings. The molecule has 276 valence electrons. The normalized spacial score (nSPS) is 20.5. The summed E-state index contributed by atoms with van der Waals surface area (Å²) in [6, 6.07) is 6.66. The van der Waals surface area contributed by atoms with E-state index in [1.807, 2.05) is 13.8 Å². The lowest BCUT2D eigenvalue weighted by Gasteiger charge is -2.28. The first kappa shape index (κ1) is 39.2. The van der Waals surface area contributed by atoms with E-state index in [0.29, 0.717) is 55.4 Å². The van der Waals surface area contributed by atoms with Crippen molar-refractivity contribution in [2.45, 2.75) is 142 Å². The van der Waals surface area contributed by atoms with Gasteiger partial charge in [-0.1, -0.05) is 65.2 Å². The fourth-order valence-electron chi connectivity index (χ4n) is 7.04. The van der Waals surface area contributed by atoms with Crippen LogP contribution in [0.4, 0.5) is 0 Å². The Hall–Kier alpha value is -3.63. The summed E-state index contributed by atoms with van der Waals surface area (Å²) in [7, 11) is 0. The van der Waals surface area contributed by atoms with Crippen LogP contribution in [0.2, 0.25) is 0 Å². The fourth-order valence-corrected chi connectivity index (χ4v) is 7.04. The summed E-state index contributed by atoms with van der Waals surface area (Å²) < 4.78 is 22.0. The predicted molar refractivity (Wildman–Crippen MR) is 189 cm³/mol. The second-order valence-corrected chi connectivity index (χ2v) is 14.3. The number of ether oxygens (including phenoxy) is 4. The van der Waals surface area contributed by atoms with E-state index >= 15 is 0 Å². The van der Waals surface area contributed by atoms with Crippen LogP contribution in [-0.4, -0.2) is 51.3 Å². The minimum absolute atomic E-state index is 0.206. The Kier molecular flexibility index (Phi) is 17.4. The Morgan fingerprint density at radius 3 is 1.24 bits per heavy atom. The monoisotopic (exact) mass is 694 g/mol. The van der Waals surface area contributed by atoms with Gasteiger partial charge >= 0.3 is 11.9 Å². The number of Topliss-reactive ketones (excluding diaryl/α,β-unsaturated/α-hetero) is 1. The van der Waals surface area contributed by atoms with E-state index in [9.17, 15) is 14.4 Å². The molecule has 0 N–H and O–H groups in total. The summed E-state index contributed by atoms with van der Waals surface area (Å²) in [6.07, 6.45) is 19.9. The van der Waals surface area contributed by atoms with Gasteiger partial charge < -0.3 is 18.9 Å². The van der Waals surface area contributed by atoms with Crippen LogP contribution in [-0.2, 0) is 14.4 Å². The van der Waals surface area contributed by atoms with Crippen molar-refractivity contribution < 1.29 is 33.3 Å². The summed E-state index contributed by atoms with van der Waals surface area (Å²) in [4.78, 5) is 35.7. The number of unbranched alkanes of at least 4 members (excludes halogenated alkanes) is 2. The summed E-state index contributed by atoms with van der Waals surface area (Å²) in [5.41, 5.74) is 0. The minimum atomic E-state index is -0.300. The maximum absolute atomic E-state index is 12.5. The number of carbonyl (C=O) groups excluding carboxylic acids is 3. The van der Waals surface area contributed by atoms with Crippen LogP contribution in [0.3, 0.4) is 0 Å². The average molecular weight is 695 g/mol. The minimum Gasteiger partial charge on any atom is -0.476 e. The maximum Gasteiger partial charge on any atom is 0.312 e. The van der Waals surface area contributed by atoms with Gasteiger partial charge in [-0.2, -0.15) is 0 Å². The van der Waals surface area contributed by atoms with E-state index in [1.54, 1.807) is 24.3 Å². The molecule has 2 aromatic heterocycles. The molecule has 0 aromatic carbocycles. The number of ketones is 1. The highest BCUT2D eigenvalue weighted by molar-refractivity contribution is 5.78. The Morgan fingerprint density at radius 2 is 0.880 bits per heavy atom. The van der Waals surface area contributed by atoms with E-state index in [-0.39, 0.29) is 23.7 Å². The van der Waals surface area contributed by atoms with Gasteiger partial charge in [0.15, 0.2) is 0 Å². The molecule has 0 bridgehead atoms. The van der Waals surface area contributed by atoms with Gasteiger partial charge in [-0.15, -0.1) is 20.4 Å². The number of hydrogen-bond donors (Lipinski definition) is 0. The lowest BCUT2D eigenvalue weighted by molar-refractivity contribution is -0.135. The summed E-state index contributed by atoms with van der Waals surface area (Å²) in [6.45, 7) is 5.12. The number of aromatic nitrogens is 4. The lowest BCUT2D eigenvalue weighted by Crippen LogP contribution is -2.20. The topological polar surface area (TPSA) is 140 Å². The lowest BCUT2D eigenvalue weighted by atomic mass is 9.80. The van der Waals surface area contributed by atoms with Crippen molar-refractivity contribution in [2.24, 2.45) is 23.7 Å². The van der Waals surface area contributed by atoms with Gasteiger partial charge in [0.05, 0.1) is 13.2 Å². The standard InChI is InChI=1S/C39H58N4O7/c1-3-9-38(45)49-36-25-23-34(40-42-36)47-27-31-19-15-29(16-20-31)11-5-7-13-33(44)14-8-6-12-30-17-21-32(22-18-30)28-48-35-24-26-37(43-41-35)50-39(46)10-4-2/h23-26,29-32H,3-22,27-28H2,1-2H3. The molecule has 50 heavy (non-hydrogen) atoms. The van der Waals surface area contributed by atoms with Crippen molar-refractivity contribution >= 4 is 17.7 Å². The zero-order valence-electron chi connectivity index (χ0n) is 30.3. The van der Waals surface area contributed by atoms with Crippen molar-refractivity contribution in [3.8, 4) is 23.5 Å². The molecular weight excluding hydrogens is 636 g/mol. The third kappa shape index (κ3) is 15.1. The third-order valence-electron chi connectivity index (χ3n) is 10.1. The molecule has 2 aliphatic carbocycles. The zero-order valence-corrected chi connectivity index (χ0v) is 30.3. The fraction of sp³-hybridized carbons (Fsp3) is 0.718. The molecule has 2 fully saturated rings. The summed E-state index contributed by atoms with van der Waals surface area (Å²) in [5.74, 6) is 3.72. The van der Waals surface area contributed by atoms with Crippen molar-refractivity contribution in [1.29, 1.82) is 0 Å². The van der Waals surface area contributed by atoms with E-state index in [4.69, 9.17) is 18.9 Å². The molecule has 0 radical (unpaired) electrons. The van der Waals surface area contributed by atoms with E-state index in [2.05, 4.69) is 20.4 Å². The van der Waals surface area contributed by atoms with Gasteiger partial charge in [-0.3, -0.25) is 14.4 Å². The number of esters is 2. The molecule has 0 atom stereocenters. The molecule has 4 rings (SSSR count). The Labute approximate surface area is 298 Å². The van der Waals surface area contributed by atoms with E-state index < -0.39 is 0 Å². The first-order chi connectivity index (χ1) is 24.4. The molecule has 0 unspecified atom stereocenters. The second-order valence-electron chi connectivity index (χ2n) is 14.3. The quantitative estimate of drug-likeness (QED) is 0.0866. The molecule has 0 amide bonds. The highest BCUT2D eigenvalue weighted by Gasteiger charge is 2.23. The van der Waals surface area contributed by atoms with Crippen LogP contribution >= 0.6 is 0 Å². The molecular formula is C39H58N4O7. The first-order valence-corrected chi connectivity index (χ1v) is 19.3. The van der Waals surface area contributed by atoms with Gasteiger partial charge in [0.25, 0.3) is 0 Å². The first-order valence-electron chi connectivity index (χ1n) is 19.3.